The maximum atomic E-state index is 11.8. The number of nitrogens with zero attached hydrogens (tertiary/aromatic N) is 1. The fraction of sp³-hybridized carbons (Fsp3) is 0.545. The minimum Gasteiger partial charge on any atom is -0.465 e. The fourth-order valence-corrected chi connectivity index (χ4v) is 3.61. The van der Waals surface area contributed by atoms with Gasteiger partial charge < -0.3 is 9.47 Å². The van der Waals surface area contributed by atoms with Gasteiger partial charge >= 0.3 is 11.9 Å². The van der Waals surface area contributed by atoms with Crippen LogP contribution in [0.15, 0.2) is 9.37 Å². The summed E-state index contributed by atoms with van der Waals surface area (Å²) in [7, 11) is 0. The van der Waals surface area contributed by atoms with Crippen LogP contribution < -0.4 is 0 Å². The molecule has 0 bridgehead atoms. The molecule has 0 N–H and O–H groups in total. The monoisotopic (exact) mass is 321 g/mol. The highest BCUT2D eigenvalue weighted by Crippen LogP contribution is 2.32. The fourth-order valence-electron chi connectivity index (χ4n) is 1.13. The highest BCUT2D eigenvalue weighted by Gasteiger charge is 2.20. The first-order chi connectivity index (χ1) is 9.12. The molecule has 106 valence electrons. The van der Waals surface area contributed by atoms with E-state index in [1.807, 2.05) is 6.26 Å². The number of carbonyl (C=O) groups excluding carboxylic acids is 2. The van der Waals surface area contributed by atoms with Gasteiger partial charge in [0.15, 0.2) is 4.34 Å². The van der Waals surface area contributed by atoms with E-state index in [0.29, 0.717) is 23.1 Å². The molecule has 1 rings (SSSR count). The third-order valence-electron chi connectivity index (χ3n) is 1.84. The summed E-state index contributed by atoms with van der Waals surface area (Å²) in [5, 5.41) is 0.529. The highest BCUT2D eigenvalue weighted by atomic mass is 32.2. The summed E-state index contributed by atoms with van der Waals surface area (Å²) in [6.07, 6.45) is 1.88. The first-order valence-corrected chi connectivity index (χ1v) is 8.65. The van der Waals surface area contributed by atoms with E-state index < -0.39 is 5.97 Å². The lowest BCUT2D eigenvalue weighted by Crippen LogP contribution is -2.08. The number of aromatic nitrogens is 1. The molecule has 0 atom stereocenters. The SMILES string of the molecule is CCOC(=O)CSc1nc(SC)sc1C(=O)OCC. The summed E-state index contributed by atoms with van der Waals surface area (Å²) in [5.74, 6) is -0.578. The summed E-state index contributed by atoms with van der Waals surface area (Å²) >= 11 is 3.93. The Morgan fingerprint density at radius 3 is 2.53 bits per heavy atom. The Hall–Kier alpha value is -0.730. The standard InChI is InChI=1S/C11H15NO4S3/c1-4-15-7(13)6-18-9-8(10(14)16-5-2)19-11(12-9)17-3/h4-6H2,1-3H3. The Labute approximate surface area is 124 Å². The zero-order chi connectivity index (χ0) is 14.3. The highest BCUT2D eigenvalue weighted by molar-refractivity contribution is 8.01. The Morgan fingerprint density at radius 1 is 1.26 bits per heavy atom. The number of hydrogen-bond donors (Lipinski definition) is 0. The Morgan fingerprint density at radius 2 is 1.95 bits per heavy atom. The summed E-state index contributed by atoms with van der Waals surface area (Å²) in [4.78, 5) is 27.8. The van der Waals surface area contributed by atoms with Crippen molar-refractivity contribution in [3.63, 3.8) is 0 Å². The Bertz CT molecular complexity index is 447. The van der Waals surface area contributed by atoms with Crippen molar-refractivity contribution >= 4 is 46.8 Å². The number of esters is 2. The average Bonchev–Trinajstić information content (AvgIpc) is 2.80. The van der Waals surface area contributed by atoms with Crippen molar-refractivity contribution in [3.05, 3.63) is 4.88 Å². The van der Waals surface area contributed by atoms with Crippen molar-refractivity contribution in [2.45, 2.75) is 23.2 Å². The van der Waals surface area contributed by atoms with Crippen LogP contribution >= 0.6 is 34.9 Å². The molecule has 0 aliphatic heterocycles. The summed E-state index contributed by atoms with van der Waals surface area (Å²) < 4.78 is 10.6. The second-order valence-electron chi connectivity index (χ2n) is 3.13. The number of hydrogen-bond acceptors (Lipinski definition) is 8. The molecule has 19 heavy (non-hydrogen) atoms. The van der Waals surface area contributed by atoms with Crippen molar-refractivity contribution in [2.75, 3.05) is 25.2 Å². The maximum absolute atomic E-state index is 11.8. The van der Waals surface area contributed by atoms with Crippen molar-refractivity contribution in [2.24, 2.45) is 0 Å². The molecule has 0 amide bonds. The molecule has 0 fully saturated rings. The van der Waals surface area contributed by atoms with Gasteiger partial charge in [-0.25, -0.2) is 9.78 Å². The summed E-state index contributed by atoms with van der Waals surface area (Å²) in [6, 6.07) is 0. The molecule has 0 saturated carbocycles. The molecule has 0 saturated heterocycles. The zero-order valence-electron chi connectivity index (χ0n) is 10.9. The van der Waals surface area contributed by atoms with Crippen LogP contribution in [0.3, 0.4) is 0 Å². The summed E-state index contributed by atoms with van der Waals surface area (Å²) in [5.41, 5.74) is 0. The second kappa shape index (κ2) is 8.44. The van der Waals surface area contributed by atoms with Crippen molar-refractivity contribution < 1.29 is 19.1 Å². The molecular weight excluding hydrogens is 306 g/mol. The van der Waals surface area contributed by atoms with Gasteiger partial charge in [-0.1, -0.05) is 34.9 Å². The number of ether oxygens (including phenoxy) is 2. The predicted octanol–water partition coefficient (Wildman–Crippen LogP) is 2.70. The normalized spacial score (nSPS) is 10.3. The molecule has 0 aliphatic rings. The lowest BCUT2D eigenvalue weighted by molar-refractivity contribution is -0.139. The summed E-state index contributed by atoms with van der Waals surface area (Å²) in [6.45, 7) is 4.16. The lowest BCUT2D eigenvalue weighted by Gasteiger charge is -2.02. The molecular formula is C11H15NO4S3. The van der Waals surface area contributed by atoms with Crippen LogP contribution in [0.5, 0.6) is 0 Å². The molecule has 0 aliphatic carbocycles. The lowest BCUT2D eigenvalue weighted by atomic mass is 10.5. The molecule has 0 radical (unpaired) electrons. The smallest absolute Gasteiger partial charge is 0.351 e. The molecule has 1 aromatic rings. The minimum atomic E-state index is -0.397. The van der Waals surface area contributed by atoms with E-state index in [-0.39, 0.29) is 11.7 Å². The van der Waals surface area contributed by atoms with Crippen LogP contribution in [-0.4, -0.2) is 42.1 Å². The van der Waals surface area contributed by atoms with Crippen LogP contribution in [0.2, 0.25) is 0 Å². The van der Waals surface area contributed by atoms with Crippen LogP contribution in [0.4, 0.5) is 0 Å². The van der Waals surface area contributed by atoms with Crippen LogP contribution in [-0.2, 0) is 14.3 Å². The molecule has 8 heteroatoms. The second-order valence-corrected chi connectivity index (χ2v) is 6.15. The van der Waals surface area contributed by atoms with Crippen LogP contribution in [0.1, 0.15) is 23.5 Å². The van der Waals surface area contributed by atoms with E-state index in [0.717, 1.165) is 4.34 Å². The van der Waals surface area contributed by atoms with Crippen LogP contribution in [0, 0.1) is 0 Å². The number of thioether (sulfide) groups is 2. The quantitative estimate of drug-likeness (QED) is 0.565. The van der Waals surface area contributed by atoms with E-state index >= 15 is 0 Å². The van der Waals surface area contributed by atoms with Crippen molar-refractivity contribution in [1.29, 1.82) is 0 Å². The van der Waals surface area contributed by atoms with Gasteiger partial charge in [0.25, 0.3) is 0 Å². The van der Waals surface area contributed by atoms with Gasteiger partial charge in [0.05, 0.1) is 19.0 Å². The van der Waals surface area contributed by atoms with E-state index in [9.17, 15) is 9.59 Å². The molecule has 0 aromatic carbocycles. The number of carbonyl (C=O) groups is 2. The van der Waals surface area contributed by atoms with Crippen molar-refractivity contribution in [3.8, 4) is 0 Å². The first-order valence-electron chi connectivity index (χ1n) is 5.62. The van der Waals surface area contributed by atoms with Crippen LogP contribution in [0.25, 0.3) is 0 Å². The van der Waals surface area contributed by atoms with E-state index in [4.69, 9.17) is 9.47 Å². The third kappa shape index (κ3) is 5.04. The molecule has 1 heterocycles. The van der Waals surface area contributed by atoms with E-state index in [1.54, 1.807) is 13.8 Å². The Balaban J connectivity index is 2.77. The van der Waals surface area contributed by atoms with Gasteiger partial charge in [0, 0.05) is 0 Å². The largest absolute Gasteiger partial charge is 0.465 e. The van der Waals surface area contributed by atoms with Gasteiger partial charge in [-0.15, -0.1) is 0 Å². The van der Waals surface area contributed by atoms with Gasteiger partial charge in [-0.05, 0) is 20.1 Å². The molecule has 5 nitrogen and oxygen atoms in total. The number of thiazole rings is 1. The van der Waals surface area contributed by atoms with E-state index in [1.165, 1.54) is 34.9 Å². The van der Waals surface area contributed by atoms with Gasteiger partial charge in [0.1, 0.15) is 9.90 Å². The van der Waals surface area contributed by atoms with Gasteiger partial charge in [-0.2, -0.15) is 0 Å². The Kier molecular flexibility index (Phi) is 7.25. The zero-order valence-corrected chi connectivity index (χ0v) is 13.4. The third-order valence-corrected chi connectivity index (χ3v) is 4.94. The van der Waals surface area contributed by atoms with Gasteiger partial charge in [0.2, 0.25) is 0 Å². The van der Waals surface area contributed by atoms with Crippen molar-refractivity contribution in [1.82, 2.24) is 4.98 Å². The van der Waals surface area contributed by atoms with E-state index in [2.05, 4.69) is 4.98 Å². The molecule has 1 aromatic heterocycles. The predicted molar refractivity (Wildman–Crippen MR) is 77.2 cm³/mol. The number of rotatable bonds is 7. The topological polar surface area (TPSA) is 65.5 Å². The molecule has 0 spiro atoms. The minimum absolute atomic E-state index is 0.137. The van der Waals surface area contributed by atoms with Gasteiger partial charge in [-0.3, -0.25) is 4.79 Å². The maximum Gasteiger partial charge on any atom is 0.351 e. The first kappa shape index (κ1) is 16.3. The average molecular weight is 321 g/mol. The molecule has 0 unspecified atom stereocenters.